The highest BCUT2D eigenvalue weighted by molar-refractivity contribution is 6.33. The fraction of sp³-hybridized carbons (Fsp3) is 0.273. The molecule has 27 heavy (non-hydrogen) atoms. The standard InChI is InChI=1S/C22H21ClN2O2/c1-25(19-11-10-15-6-2-3-7-16(15)19)22(26)13-12-21-24-14-20(27-21)17-8-4-5-9-18(17)23/h2-9,14,19H,10-13H2,1H3. The molecule has 1 aliphatic carbocycles. The van der Waals surface area contributed by atoms with Crippen LogP contribution in [0.25, 0.3) is 11.3 Å². The lowest BCUT2D eigenvalue weighted by atomic mass is 10.1. The van der Waals surface area contributed by atoms with Gasteiger partial charge in [-0.05, 0) is 36.1 Å². The molecule has 0 spiro atoms. The van der Waals surface area contributed by atoms with E-state index in [0.29, 0.717) is 29.5 Å². The second kappa shape index (κ2) is 7.57. The highest BCUT2D eigenvalue weighted by atomic mass is 35.5. The minimum Gasteiger partial charge on any atom is -0.441 e. The van der Waals surface area contributed by atoms with E-state index in [1.807, 2.05) is 42.3 Å². The highest BCUT2D eigenvalue weighted by Gasteiger charge is 2.28. The lowest BCUT2D eigenvalue weighted by Gasteiger charge is -2.25. The third-order valence-corrected chi connectivity index (χ3v) is 5.54. The molecule has 0 saturated heterocycles. The van der Waals surface area contributed by atoms with E-state index >= 15 is 0 Å². The molecule has 2 aromatic carbocycles. The smallest absolute Gasteiger partial charge is 0.223 e. The van der Waals surface area contributed by atoms with Gasteiger partial charge in [0.15, 0.2) is 11.7 Å². The first-order chi connectivity index (χ1) is 13.1. The molecular weight excluding hydrogens is 360 g/mol. The van der Waals surface area contributed by atoms with Crippen LogP contribution in [0.4, 0.5) is 0 Å². The fourth-order valence-electron chi connectivity index (χ4n) is 3.71. The third-order valence-electron chi connectivity index (χ3n) is 5.21. The first-order valence-electron chi connectivity index (χ1n) is 9.16. The second-order valence-corrected chi connectivity index (χ2v) is 7.26. The van der Waals surface area contributed by atoms with Crippen LogP contribution in [-0.2, 0) is 17.6 Å². The number of carbonyl (C=O) groups is 1. The number of halogens is 1. The Morgan fingerprint density at radius 2 is 2.00 bits per heavy atom. The average Bonchev–Trinajstić information content (AvgIpc) is 3.33. The Bertz CT molecular complexity index is 966. The van der Waals surface area contributed by atoms with Crippen molar-refractivity contribution in [2.45, 2.75) is 31.7 Å². The van der Waals surface area contributed by atoms with Gasteiger partial charge in [-0.1, -0.05) is 48.0 Å². The predicted octanol–water partition coefficient (Wildman–Crippen LogP) is 5.07. The Morgan fingerprint density at radius 1 is 1.22 bits per heavy atom. The zero-order chi connectivity index (χ0) is 18.8. The van der Waals surface area contributed by atoms with Gasteiger partial charge in [0.1, 0.15) is 0 Å². The van der Waals surface area contributed by atoms with E-state index in [1.54, 1.807) is 6.20 Å². The Hall–Kier alpha value is -2.59. The van der Waals surface area contributed by atoms with Crippen LogP contribution in [0.5, 0.6) is 0 Å². The molecule has 0 fully saturated rings. The first kappa shape index (κ1) is 17.8. The van der Waals surface area contributed by atoms with Crippen molar-refractivity contribution in [1.29, 1.82) is 0 Å². The van der Waals surface area contributed by atoms with Crippen LogP contribution >= 0.6 is 11.6 Å². The first-order valence-corrected chi connectivity index (χ1v) is 9.54. The molecule has 0 bridgehead atoms. The highest BCUT2D eigenvalue weighted by Crippen LogP contribution is 2.35. The monoisotopic (exact) mass is 380 g/mol. The van der Waals surface area contributed by atoms with Gasteiger partial charge in [0.2, 0.25) is 5.91 Å². The summed E-state index contributed by atoms with van der Waals surface area (Å²) in [4.78, 5) is 18.8. The Kier molecular flexibility index (Phi) is 4.99. The number of amides is 1. The van der Waals surface area contributed by atoms with Crippen LogP contribution in [0, 0.1) is 0 Å². The second-order valence-electron chi connectivity index (χ2n) is 6.86. The number of fused-ring (bicyclic) bond motifs is 1. The fourth-order valence-corrected chi connectivity index (χ4v) is 3.94. The molecule has 0 aliphatic heterocycles. The molecule has 1 unspecified atom stereocenters. The molecule has 0 radical (unpaired) electrons. The number of carbonyl (C=O) groups excluding carboxylic acids is 1. The summed E-state index contributed by atoms with van der Waals surface area (Å²) < 4.78 is 5.80. The minimum atomic E-state index is 0.106. The molecule has 138 valence electrons. The molecule has 1 amide bonds. The van der Waals surface area contributed by atoms with Crippen molar-refractivity contribution in [2.75, 3.05) is 7.05 Å². The summed E-state index contributed by atoms with van der Waals surface area (Å²) in [6.45, 7) is 0. The topological polar surface area (TPSA) is 46.3 Å². The van der Waals surface area contributed by atoms with E-state index in [0.717, 1.165) is 18.4 Å². The number of benzene rings is 2. The summed E-state index contributed by atoms with van der Waals surface area (Å²) in [5.74, 6) is 1.29. The van der Waals surface area contributed by atoms with Crippen molar-refractivity contribution in [1.82, 2.24) is 9.88 Å². The summed E-state index contributed by atoms with van der Waals surface area (Å²) in [5.41, 5.74) is 3.42. The average molecular weight is 381 g/mol. The number of nitrogens with zero attached hydrogens (tertiary/aromatic N) is 2. The molecule has 5 heteroatoms. The molecule has 4 rings (SSSR count). The van der Waals surface area contributed by atoms with Crippen molar-refractivity contribution < 1.29 is 9.21 Å². The van der Waals surface area contributed by atoms with E-state index in [9.17, 15) is 4.79 Å². The van der Waals surface area contributed by atoms with E-state index in [-0.39, 0.29) is 11.9 Å². The maximum atomic E-state index is 12.7. The summed E-state index contributed by atoms with van der Waals surface area (Å²) in [6, 6.07) is 16.0. The van der Waals surface area contributed by atoms with E-state index < -0.39 is 0 Å². The molecule has 0 N–H and O–H groups in total. The molecule has 1 aromatic heterocycles. The van der Waals surface area contributed by atoms with Crippen LogP contribution < -0.4 is 0 Å². The van der Waals surface area contributed by atoms with Crippen molar-refractivity contribution >= 4 is 17.5 Å². The normalized spacial score (nSPS) is 15.6. The summed E-state index contributed by atoms with van der Waals surface area (Å²) in [7, 11) is 1.89. The SMILES string of the molecule is CN(C(=O)CCc1ncc(-c2ccccc2Cl)o1)C1CCc2ccccc21. The molecular formula is C22H21ClN2O2. The maximum Gasteiger partial charge on any atom is 0.223 e. The maximum absolute atomic E-state index is 12.7. The zero-order valence-corrected chi connectivity index (χ0v) is 15.9. The quantitative estimate of drug-likeness (QED) is 0.620. The number of oxazole rings is 1. The number of aromatic nitrogens is 1. The Balaban J connectivity index is 1.39. The van der Waals surface area contributed by atoms with Gasteiger partial charge in [0, 0.05) is 25.5 Å². The lowest BCUT2D eigenvalue weighted by molar-refractivity contribution is -0.132. The van der Waals surface area contributed by atoms with Gasteiger partial charge in [0.25, 0.3) is 0 Å². The van der Waals surface area contributed by atoms with Crippen LogP contribution in [0.1, 0.15) is 35.9 Å². The van der Waals surface area contributed by atoms with Gasteiger partial charge in [-0.15, -0.1) is 0 Å². The largest absolute Gasteiger partial charge is 0.441 e. The number of hydrogen-bond acceptors (Lipinski definition) is 3. The van der Waals surface area contributed by atoms with Crippen LogP contribution in [0.3, 0.4) is 0 Å². The van der Waals surface area contributed by atoms with Gasteiger partial charge < -0.3 is 9.32 Å². The van der Waals surface area contributed by atoms with Gasteiger partial charge in [-0.3, -0.25) is 4.79 Å². The van der Waals surface area contributed by atoms with Crippen LogP contribution in [0.15, 0.2) is 59.1 Å². The summed E-state index contributed by atoms with van der Waals surface area (Å²) in [6.07, 6.45) is 4.52. The predicted molar refractivity (Wildman–Crippen MR) is 106 cm³/mol. The van der Waals surface area contributed by atoms with Gasteiger partial charge >= 0.3 is 0 Å². The van der Waals surface area contributed by atoms with Crippen LogP contribution in [0.2, 0.25) is 5.02 Å². The molecule has 1 heterocycles. The lowest BCUT2D eigenvalue weighted by Crippen LogP contribution is -2.30. The number of aryl methyl sites for hydroxylation is 2. The van der Waals surface area contributed by atoms with Crippen molar-refractivity contribution in [3.63, 3.8) is 0 Å². The Morgan fingerprint density at radius 3 is 2.85 bits per heavy atom. The number of hydrogen-bond donors (Lipinski definition) is 0. The van der Waals surface area contributed by atoms with E-state index in [2.05, 4.69) is 23.2 Å². The van der Waals surface area contributed by atoms with Gasteiger partial charge in [-0.25, -0.2) is 4.98 Å². The van der Waals surface area contributed by atoms with E-state index in [4.69, 9.17) is 16.0 Å². The molecule has 4 nitrogen and oxygen atoms in total. The third kappa shape index (κ3) is 3.62. The van der Waals surface area contributed by atoms with Crippen LogP contribution in [-0.4, -0.2) is 22.8 Å². The minimum absolute atomic E-state index is 0.106. The summed E-state index contributed by atoms with van der Waals surface area (Å²) in [5, 5.41) is 0.621. The molecule has 0 saturated carbocycles. The van der Waals surface area contributed by atoms with E-state index in [1.165, 1.54) is 11.1 Å². The molecule has 1 aliphatic rings. The summed E-state index contributed by atoms with van der Waals surface area (Å²) >= 11 is 6.20. The van der Waals surface area contributed by atoms with Crippen molar-refractivity contribution in [3.05, 3.63) is 76.8 Å². The van der Waals surface area contributed by atoms with Crippen molar-refractivity contribution in [2.24, 2.45) is 0 Å². The Labute approximate surface area is 163 Å². The zero-order valence-electron chi connectivity index (χ0n) is 15.2. The van der Waals surface area contributed by atoms with Gasteiger partial charge in [-0.2, -0.15) is 0 Å². The van der Waals surface area contributed by atoms with Gasteiger partial charge in [0.05, 0.1) is 17.3 Å². The molecule has 1 atom stereocenters. The molecule has 3 aromatic rings. The van der Waals surface area contributed by atoms with Crippen molar-refractivity contribution in [3.8, 4) is 11.3 Å². The number of rotatable bonds is 5.